The first-order valence-electron chi connectivity index (χ1n) is 7.96. The van der Waals surface area contributed by atoms with Crippen LogP contribution < -0.4 is 19.1 Å². The first-order chi connectivity index (χ1) is 11.7. The second-order valence-electron chi connectivity index (χ2n) is 5.63. The molecule has 0 saturated heterocycles. The minimum Gasteiger partial charge on any atom is -0.497 e. The van der Waals surface area contributed by atoms with Crippen LogP contribution in [0, 0.1) is 0 Å². The molecule has 1 aliphatic heterocycles. The predicted octanol–water partition coefficient (Wildman–Crippen LogP) is 3.06. The summed E-state index contributed by atoms with van der Waals surface area (Å²) < 4.78 is 16.3. The van der Waals surface area contributed by atoms with Crippen LogP contribution in [-0.4, -0.2) is 33.3 Å². The van der Waals surface area contributed by atoms with Gasteiger partial charge in [0.05, 0.1) is 7.11 Å². The number of amides is 1. The lowest BCUT2D eigenvalue weighted by molar-refractivity contribution is -0.118. The molecule has 0 N–H and O–H groups in total. The number of anilines is 1. The van der Waals surface area contributed by atoms with Gasteiger partial charge in [0.2, 0.25) is 5.91 Å². The van der Waals surface area contributed by atoms with Crippen molar-refractivity contribution >= 4 is 11.6 Å². The van der Waals surface area contributed by atoms with Crippen LogP contribution in [0.5, 0.6) is 17.2 Å². The van der Waals surface area contributed by atoms with E-state index < -0.39 is 0 Å². The highest BCUT2D eigenvalue weighted by Gasteiger charge is 2.16. The zero-order valence-corrected chi connectivity index (χ0v) is 14.0. The number of hydrogen-bond acceptors (Lipinski definition) is 4. The number of rotatable bonds is 5. The van der Waals surface area contributed by atoms with Gasteiger partial charge in [-0.2, -0.15) is 0 Å². The molecular weight excluding hydrogens is 306 g/mol. The van der Waals surface area contributed by atoms with Gasteiger partial charge >= 0.3 is 0 Å². The number of ether oxygens (including phenoxy) is 3. The third-order valence-corrected chi connectivity index (χ3v) is 4.05. The van der Waals surface area contributed by atoms with E-state index in [1.807, 2.05) is 42.5 Å². The van der Waals surface area contributed by atoms with Gasteiger partial charge in [-0.1, -0.05) is 12.1 Å². The normalized spacial score (nSPS) is 12.6. The largest absolute Gasteiger partial charge is 0.497 e. The molecule has 0 aliphatic carbocycles. The number of carbonyl (C=O) groups excluding carboxylic acids is 1. The molecule has 1 aliphatic rings. The molecule has 0 saturated carbocycles. The van der Waals surface area contributed by atoms with Crippen molar-refractivity contribution in [3.8, 4) is 17.2 Å². The van der Waals surface area contributed by atoms with Crippen LogP contribution in [-0.2, 0) is 11.2 Å². The molecular formula is C19H21NO4. The van der Waals surface area contributed by atoms with E-state index >= 15 is 0 Å². The van der Waals surface area contributed by atoms with Gasteiger partial charge in [0.1, 0.15) is 19.0 Å². The lowest BCUT2D eigenvalue weighted by Crippen LogP contribution is -2.26. The van der Waals surface area contributed by atoms with Gasteiger partial charge in [0.15, 0.2) is 11.5 Å². The van der Waals surface area contributed by atoms with Crippen molar-refractivity contribution in [2.75, 3.05) is 32.3 Å². The third-order valence-electron chi connectivity index (χ3n) is 4.05. The molecule has 5 heteroatoms. The van der Waals surface area contributed by atoms with Crippen molar-refractivity contribution in [2.45, 2.75) is 12.8 Å². The first kappa shape index (κ1) is 16.2. The van der Waals surface area contributed by atoms with Gasteiger partial charge in [0.25, 0.3) is 0 Å². The van der Waals surface area contributed by atoms with Crippen LogP contribution in [0.25, 0.3) is 0 Å². The number of methoxy groups -OCH3 is 1. The summed E-state index contributed by atoms with van der Waals surface area (Å²) in [5.74, 6) is 2.27. The van der Waals surface area contributed by atoms with Gasteiger partial charge in [0, 0.05) is 25.2 Å². The molecule has 1 amide bonds. The van der Waals surface area contributed by atoms with Gasteiger partial charge in [-0.25, -0.2) is 0 Å². The molecule has 126 valence electrons. The fraction of sp³-hybridized carbons (Fsp3) is 0.316. The Bertz CT molecular complexity index is 729. The number of nitrogens with zero attached hydrogens (tertiary/aromatic N) is 1. The summed E-state index contributed by atoms with van der Waals surface area (Å²) in [4.78, 5) is 14.1. The molecule has 5 nitrogen and oxygen atoms in total. The Balaban J connectivity index is 1.64. The number of carbonyl (C=O) groups is 1. The lowest BCUT2D eigenvalue weighted by Gasteiger charge is -2.22. The second-order valence-corrected chi connectivity index (χ2v) is 5.63. The highest BCUT2D eigenvalue weighted by Crippen LogP contribution is 2.33. The summed E-state index contributed by atoms with van der Waals surface area (Å²) in [5.41, 5.74) is 1.88. The number of hydrogen-bond donors (Lipinski definition) is 0. The molecule has 0 unspecified atom stereocenters. The van der Waals surface area contributed by atoms with Gasteiger partial charge in [-0.15, -0.1) is 0 Å². The molecule has 3 rings (SSSR count). The number of aryl methyl sites for hydroxylation is 1. The Morgan fingerprint density at radius 2 is 1.92 bits per heavy atom. The molecule has 2 aromatic rings. The predicted molar refractivity (Wildman–Crippen MR) is 92.2 cm³/mol. The SMILES string of the molecule is COc1cccc(CCC(=O)N(C)c2ccc3c(c2)OCCO3)c1. The van der Waals surface area contributed by atoms with Crippen molar-refractivity contribution in [1.82, 2.24) is 0 Å². The Hall–Kier alpha value is -2.69. The monoisotopic (exact) mass is 327 g/mol. The third kappa shape index (κ3) is 3.62. The van der Waals surface area contributed by atoms with Crippen molar-refractivity contribution in [3.05, 3.63) is 48.0 Å². The number of fused-ring (bicyclic) bond motifs is 1. The molecule has 0 atom stereocenters. The average Bonchev–Trinajstić information content (AvgIpc) is 2.65. The Morgan fingerprint density at radius 1 is 1.12 bits per heavy atom. The topological polar surface area (TPSA) is 48.0 Å². The molecule has 2 aromatic carbocycles. The van der Waals surface area contributed by atoms with Crippen molar-refractivity contribution in [1.29, 1.82) is 0 Å². The molecule has 0 bridgehead atoms. The second kappa shape index (κ2) is 7.25. The van der Waals surface area contributed by atoms with E-state index in [1.54, 1.807) is 19.1 Å². The van der Waals surface area contributed by atoms with E-state index in [2.05, 4.69) is 0 Å². The Kier molecular flexibility index (Phi) is 4.89. The van der Waals surface area contributed by atoms with Crippen LogP contribution >= 0.6 is 0 Å². The first-order valence-corrected chi connectivity index (χ1v) is 7.96. The molecule has 24 heavy (non-hydrogen) atoms. The van der Waals surface area contributed by atoms with Gasteiger partial charge < -0.3 is 19.1 Å². The zero-order valence-electron chi connectivity index (χ0n) is 14.0. The maximum absolute atomic E-state index is 12.5. The molecule has 0 fully saturated rings. The smallest absolute Gasteiger partial charge is 0.227 e. The molecule has 0 spiro atoms. The van der Waals surface area contributed by atoms with Crippen LogP contribution in [0.15, 0.2) is 42.5 Å². The van der Waals surface area contributed by atoms with Crippen molar-refractivity contribution < 1.29 is 19.0 Å². The maximum Gasteiger partial charge on any atom is 0.227 e. The van der Waals surface area contributed by atoms with Crippen LogP contribution in [0.3, 0.4) is 0 Å². The molecule has 0 aromatic heterocycles. The Labute approximate surface area is 141 Å². The summed E-state index contributed by atoms with van der Waals surface area (Å²) in [7, 11) is 3.42. The van der Waals surface area contributed by atoms with E-state index in [1.165, 1.54) is 0 Å². The summed E-state index contributed by atoms with van der Waals surface area (Å²) in [6.45, 7) is 1.09. The van der Waals surface area contributed by atoms with E-state index in [0.717, 1.165) is 22.7 Å². The summed E-state index contributed by atoms with van der Waals surface area (Å²) in [6, 6.07) is 13.3. The number of benzene rings is 2. The van der Waals surface area contributed by atoms with Gasteiger partial charge in [-0.3, -0.25) is 4.79 Å². The van der Waals surface area contributed by atoms with E-state index in [-0.39, 0.29) is 5.91 Å². The quantitative estimate of drug-likeness (QED) is 0.847. The minimum atomic E-state index is 0.0505. The summed E-state index contributed by atoms with van der Waals surface area (Å²) >= 11 is 0. The van der Waals surface area contributed by atoms with E-state index in [9.17, 15) is 4.79 Å². The minimum absolute atomic E-state index is 0.0505. The standard InChI is InChI=1S/C19H21NO4/c1-20(15-7-8-17-18(13-15)24-11-10-23-17)19(21)9-6-14-4-3-5-16(12-14)22-2/h3-5,7-8,12-13H,6,9-11H2,1-2H3. The fourth-order valence-electron chi connectivity index (χ4n) is 2.63. The van der Waals surface area contributed by atoms with Gasteiger partial charge in [-0.05, 0) is 36.2 Å². The van der Waals surface area contributed by atoms with Crippen molar-refractivity contribution in [3.63, 3.8) is 0 Å². The lowest BCUT2D eigenvalue weighted by atomic mass is 10.1. The van der Waals surface area contributed by atoms with Crippen LogP contribution in [0.2, 0.25) is 0 Å². The van der Waals surface area contributed by atoms with E-state index in [4.69, 9.17) is 14.2 Å². The maximum atomic E-state index is 12.5. The van der Waals surface area contributed by atoms with Crippen LogP contribution in [0.4, 0.5) is 5.69 Å². The molecule has 0 radical (unpaired) electrons. The van der Waals surface area contributed by atoms with Crippen molar-refractivity contribution in [2.24, 2.45) is 0 Å². The fourth-order valence-corrected chi connectivity index (χ4v) is 2.63. The zero-order chi connectivity index (χ0) is 16.9. The highest BCUT2D eigenvalue weighted by atomic mass is 16.6. The Morgan fingerprint density at radius 3 is 2.71 bits per heavy atom. The summed E-state index contributed by atoms with van der Waals surface area (Å²) in [5, 5.41) is 0. The highest BCUT2D eigenvalue weighted by molar-refractivity contribution is 5.93. The average molecular weight is 327 g/mol. The van der Waals surface area contributed by atoms with E-state index in [0.29, 0.717) is 31.8 Å². The summed E-state index contributed by atoms with van der Waals surface area (Å²) in [6.07, 6.45) is 1.10. The van der Waals surface area contributed by atoms with Crippen LogP contribution in [0.1, 0.15) is 12.0 Å². The molecule has 1 heterocycles.